The minimum absolute atomic E-state index is 0.123. The monoisotopic (exact) mass is 268 g/mol. The lowest BCUT2D eigenvalue weighted by molar-refractivity contribution is -0.147. The van der Waals surface area contributed by atoms with Crippen molar-refractivity contribution in [2.24, 2.45) is 0 Å². The first-order chi connectivity index (χ1) is 9.06. The minimum Gasteiger partial charge on any atom is -0.497 e. The summed E-state index contributed by atoms with van der Waals surface area (Å²) in [6.07, 6.45) is -1.07. The molecule has 19 heavy (non-hydrogen) atoms. The normalized spacial score (nSPS) is 11.5. The zero-order valence-corrected chi connectivity index (χ0v) is 10.7. The quantitative estimate of drug-likeness (QED) is 0.712. The molecule has 0 saturated heterocycles. The van der Waals surface area contributed by atoms with Gasteiger partial charge in [0.2, 0.25) is 0 Å². The topological polar surface area (TPSA) is 96.9 Å². The van der Waals surface area contributed by atoms with Crippen molar-refractivity contribution < 1.29 is 24.2 Å². The third-order valence-corrected chi connectivity index (χ3v) is 2.34. The van der Waals surface area contributed by atoms with E-state index >= 15 is 0 Å². The van der Waals surface area contributed by atoms with Crippen molar-refractivity contribution in [1.29, 1.82) is 0 Å². The predicted molar refractivity (Wildman–Crippen MR) is 68.4 cm³/mol. The summed E-state index contributed by atoms with van der Waals surface area (Å²) in [6, 6.07) is 6.28. The van der Waals surface area contributed by atoms with Gasteiger partial charge in [-0.15, -0.1) is 0 Å². The molecule has 2 amide bonds. The number of carbonyl (C=O) groups excluding carboxylic acids is 1. The van der Waals surface area contributed by atoms with Gasteiger partial charge in [-0.25, -0.2) is 9.59 Å². The van der Waals surface area contributed by atoms with Crippen molar-refractivity contribution in [1.82, 2.24) is 5.32 Å². The molecule has 0 aliphatic carbocycles. The summed E-state index contributed by atoms with van der Waals surface area (Å²) < 4.78 is 9.70. The van der Waals surface area contributed by atoms with Crippen molar-refractivity contribution in [2.75, 3.05) is 26.1 Å². The van der Waals surface area contributed by atoms with E-state index in [-0.39, 0.29) is 6.54 Å². The maximum Gasteiger partial charge on any atom is 0.334 e. The number of nitrogens with one attached hydrogen (secondary N) is 2. The smallest absolute Gasteiger partial charge is 0.334 e. The number of aliphatic carboxylic acids is 1. The van der Waals surface area contributed by atoms with E-state index in [0.29, 0.717) is 11.4 Å². The number of ether oxygens (including phenoxy) is 2. The van der Waals surface area contributed by atoms with Crippen LogP contribution in [-0.4, -0.2) is 44.0 Å². The molecule has 1 aromatic rings. The highest BCUT2D eigenvalue weighted by molar-refractivity contribution is 5.89. The molecular weight excluding hydrogens is 252 g/mol. The number of urea groups is 1. The Labute approximate surface area is 110 Å². The van der Waals surface area contributed by atoms with Gasteiger partial charge in [0.15, 0.2) is 6.10 Å². The summed E-state index contributed by atoms with van der Waals surface area (Å²) >= 11 is 0. The van der Waals surface area contributed by atoms with Crippen molar-refractivity contribution in [3.05, 3.63) is 24.3 Å². The molecule has 0 heterocycles. The molecule has 0 spiro atoms. The Kier molecular flexibility index (Phi) is 5.62. The van der Waals surface area contributed by atoms with Gasteiger partial charge in [0.1, 0.15) is 5.75 Å². The zero-order chi connectivity index (χ0) is 14.3. The third-order valence-electron chi connectivity index (χ3n) is 2.34. The summed E-state index contributed by atoms with van der Waals surface area (Å²) in [4.78, 5) is 22.2. The summed E-state index contributed by atoms with van der Waals surface area (Å²) in [6.45, 7) is -0.123. The Hall–Kier alpha value is -2.28. The predicted octanol–water partition coefficient (Wildman–Crippen LogP) is 0.916. The Balaban J connectivity index is 2.48. The number of hydrogen-bond donors (Lipinski definition) is 3. The van der Waals surface area contributed by atoms with Crippen LogP contribution in [0.25, 0.3) is 0 Å². The first-order valence-corrected chi connectivity index (χ1v) is 5.51. The van der Waals surface area contributed by atoms with Crippen LogP contribution in [0.2, 0.25) is 0 Å². The van der Waals surface area contributed by atoms with Crippen LogP contribution in [0.1, 0.15) is 0 Å². The fraction of sp³-hybridized carbons (Fsp3) is 0.333. The fourth-order valence-electron chi connectivity index (χ4n) is 1.33. The van der Waals surface area contributed by atoms with Gasteiger partial charge in [0, 0.05) is 18.9 Å². The Morgan fingerprint density at radius 2 is 2.11 bits per heavy atom. The lowest BCUT2D eigenvalue weighted by Crippen LogP contribution is -2.39. The van der Waals surface area contributed by atoms with Crippen LogP contribution in [0.4, 0.5) is 10.5 Å². The fourth-order valence-corrected chi connectivity index (χ4v) is 1.33. The van der Waals surface area contributed by atoms with Crippen LogP contribution >= 0.6 is 0 Å². The molecule has 0 radical (unpaired) electrons. The van der Waals surface area contributed by atoms with Crippen LogP contribution in [0, 0.1) is 0 Å². The molecule has 1 aromatic carbocycles. The van der Waals surface area contributed by atoms with E-state index in [0.717, 1.165) is 0 Å². The van der Waals surface area contributed by atoms with Gasteiger partial charge in [-0.05, 0) is 12.1 Å². The van der Waals surface area contributed by atoms with E-state index < -0.39 is 18.1 Å². The SMILES string of the molecule is COc1cccc(NC(=O)NCC(OC)C(=O)O)c1. The molecule has 7 nitrogen and oxygen atoms in total. The molecule has 0 fully saturated rings. The third kappa shape index (κ3) is 4.84. The van der Waals surface area contributed by atoms with E-state index in [1.54, 1.807) is 24.3 Å². The Bertz CT molecular complexity index is 450. The zero-order valence-electron chi connectivity index (χ0n) is 10.7. The molecule has 104 valence electrons. The number of carboxylic acid groups (broad SMARTS) is 1. The largest absolute Gasteiger partial charge is 0.497 e. The number of carboxylic acids is 1. The molecule has 0 aliphatic heterocycles. The van der Waals surface area contributed by atoms with Gasteiger partial charge in [-0.3, -0.25) is 0 Å². The highest BCUT2D eigenvalue weighted by atomic mass is 16.5. The number of benzene rings is 1. The Morgan fingerprint density at radius 1 is 1.37 bits per heavy atom. The summed E-state index contributed by atoms with van der Waals surface area (Å²) in [5.41, 5.74) is 0.543. The highest BCUT2D eigenvalue weighted by Gasteiger charge is 2.17. The number of anilines is 1. The maximum absolute atomic E-state index is 11.5. The molecule has 0 saturated carbocycles. The lowest BCUT2D eigenvalue weighted by atomic mass is 10.3. The number of amides is 2. The first-order valence-electron chi connectivity index (χ1n) is 5.51. The summed E-state index contributed by atoms with van der Waals surface area (Å²) in [5, 5.41) is 13.7. The minimum atomic E-state index is -1.14. The number of methoxy groups -OCH3 is 2. The van der Waals surface area contributed by atoms with Crippen molar-refractivity contribution in [3.63, 3.8) is 0 Å². The summed E-state index contributed by atoms with van der Waals surface area (Å²) in [5.74, 6) is -0.526. The van der Waals surface area contributed by atoms with Gasteiger partial charge in [0.05, 0.1) is 13.7 Å². The van der Waals surface area contributed by atoms with Crippen molar-refractivity contribution in [2.45, 2.75) is 6.10 Å². The molecule has 0 bridgehead atoms. The lowest BCUT2D eigenvalue weighted by Gasteiger charge is -2.12. The van der Waals surface area contributed by atoms with Crippen LogP contribution in [0.15, 0.2) is 24.3 Å². The molecule has 1 atom stereocenters. The van der Waals surface area contributed by atoms with E-state index in [4.69, 9.17) is 9.84 Å². The van der Waals surface area contributed by atoms with E-state index in [1.165, 1.54) is 14.2 Å². The number of rotatable bonds is 6. The Morgan fingerprint density at radius 3 is 2.68 bits per heavy atom. The van der Waals surface area contributed by atoms with Crippen molar-refractivity contribution >= 4 is 17.7 Å². The molecular formula is C12H16N2O5. The summed E-state index contributed by atoms with van der Waals surface area (Å²) in [7, 11) is 2.79. The molecule has 1 unspecified atom stereocenters. The van der Waals surface area contributed by atoms with Gasteiger partial charge in [-0.1, -0.05) is 6.07 Å². The van der Waals surface area contributed by atoms with E-state index in [1.807, 2.05) is 0 Å². The van der Waals surface area contributed by atoms with Crippen LogP contribution in [-0.2, 0) is 9.53 Å². The van der Waals surface area contributed by atoms with Crippen LogP contribution < -0.4 is 15.4 Å². The van der Waals surface area contributed by atoms with Gasteiger partial charge < -0.3 is 25.2 Å². The molecule has 0 aliphatic rings. The van der Waals surface area contributed by atoms with Gasteiger partial charge in [0.25, 0.3) is 0 Å². The second-order valence-electron chi connectivity index (χ2n) is 3.63. The average molecular weight is 268 g/mol. The molecule has 1 rings (SSSR count). The molecule has 3 N–H and O–H groups in total. The van der Waals surface area contributed by atoms with Crippen molar-refractivity contribution in [3.8, 4) is 5.75 Å². The second-order valence-corrected chi connectivity index (χ2v) is 3.63. The van der Waals surface area contributed by atoms with Crippen LogP contribution in [0.5, 0.6) is 5.75 Å². The highest BCUT2D eigenvalue weighted by Crippen LogP contribution is 2.16. The average Bonchev–Trinajstić information content (AvgIpc) is 2.39. The maximum atomic E-state index is 11.5. The number of carbonyl (C=O) groups is 2. The molecule has 7 heteroatoms. The van der Waals surface area contributed by atoms with E-state index in [2.05, 4.69) is 15.4 Å². The molecule has 0 aromatic heterocycles. The second kappa shape index (κ2) is 7.22. The van der Waals surface area contributed by atoms with Gasteiger partial charge >= 0.3 is 12.0 Å². The standard InChI is InChI=1S/C12H16N2O5/c1-18-9-5-3-4-8(6-9)14-12(17)13-7-10(19-2)11(15)16/h3-6,10H,7H2,1-2H3,(H,15,16)(H2,13,14,17). The van der Waals surface area contributed by atoms with Gasteiger partial charge in [-0.2, -0.15) is 0 Å². The van der Waals surface area contributed by atoms with Crippen LogP contribution in [0.3, 0.4) is 0 Å². The van der Waals surface area contributed by atoms with E-state index in [9.17, 15) is 9.59 Å². The first kappa shape index (κ1) is 14.8. The number of hydrogen-bond acceptors (Lipinski definition) is 4.